The Balaban J connectivity index is 2.28. The van der Waals surface area contributed by atoms with Gasteiger partial charge in [-0.1, -0.05) is 36.8 Å². The van der Waals surface area contributed by atoms with E-state index in [0.29, 0.717) is 5.92 Å². The maximum Gasteiger partial charge on any atom is 0.185 e. The van der Waals surface area contributed by atoms with Crippen LogP contribution in [0.4, 0.5) is 0 Å². The van der Waals surface area contributed by atoms with E-state index < -0.39 is 0 Å². The first kappa shape index (κ1) is 11.9. The molecule has 0 radical (unpaired) electrons. The van der Waals surface area contributed by atoms with E-state index in [4.69, 9.17) is 0 Å². The molecular formula is C15H19NO. The standard InChI is InChI=1S/C15H19NO/c1-11-6-4-8-13(10-11)15(17)14-12(2)7-5-9-16(14)3/h4-6,8-10,12,14H,7H2,1-3H3. The first-order valence-corrected chi connectivity index (χ1v) is 6.09. The molecule has 2 unspecified atom stereocenters. The van der Waals surface area contributed by atoms with Crippen LogP contribution in [0, 0.1) is 12.8 Å². The molecular weight excluding hydrogens is 210 g/mol. The quantitative estimate of drug-likeness (QED) is 0.726. The van der Waals surface area contributed by atoms with Crippen LogP contribution in [-0.2, 0) is 0 Å². The second-order valence-electron chi connectivity index (χ2n) is 4.94. The number of carbonyl (C=O) groups is 1. The average molecular weight is 229 g/mol. The van der Waals surface area contributed by atoms with Crippen molar-refractivity contribution in [2.24, 2.45) is 5.92 Å². The Hall–Kier alpha value is -1.57. The second-order valence-corrected chi connectivity index (χ2v) is 4.94. The molecule has 0 aromatic heterocycles. The fourth-order valence-electron chi connectivity index (χ4n) is 2.48. The molecule has 0 saturated carbocycles. The van der Waals surface area contributed by atoms with E-state index in [0.717, 1.165) is 17.5 Å². The number of allylic oxidation sites excluding steroid dienone is 1. The zero-order valence-corrected chi connectivity index (χ0v) is 10.7. The number of ketones is 1. The van der Waals surface area contributed by atoms with Gasteiger partial charge in [-0.3, -0.25) is 4.79 Å². The van der Waals surface area contributed by atoms with Crippen LogP contribution in [0.15, 0.2) is 36.5 Å². The lowest BCUT2D eigenvalue weighted by molar-refractivity contribution is 0.0826. The molecule has 0 aliphatic carbocycles. The lowest BCUT2D eigenvalue weighted by Gasteiger charge is -2.33. The van der Waals surface area contributed by atoms with E-state index in [1.54, 1.807) is 0 Å². The molecule has 0 amide bonds. The maximum absolute atomic E-state index is 12.5. The van der Waals surface area contributed by atoms with E-state index in [-0.39, 0.29) is 11.8 Å². The number of hydrogen-bond acceptors (Lipinski definition) is 2. The van der Waals surface area contributed by atoms with Crippen molar-refractivity contribution in [3.05, 3.63) is 47.7 Å². The summed E-state index contributed by atoms with van der Waals surface area (Å²) in [6.07, 6.45) is 5.12. The van der Waals surface area contributed by atoms with Gasteiger partial charge in [-0.25, -0.2) is 0 Å². The Morgan fingerprint density at radius 1 is 1.41 bits per heavy atom. The molecule has 2 heteroatoms. The van der Waals surface area contributed by atoms with Crippen molar-refractivity contribution < 1.29 is 4.79 Å². The summed E-state index contributed by atoms with van der Waals surface area (Å²) in [5, 5.41) is 0. The van der Waals surface area contributed by atoms with Crippen molar-refractivity contribution in [3.8, 4) is 0 Å². The third-order valence-electron chi connectivity index (χ3n) is 3.40. The predicted molar refractivity (Wildman–Crippen MR) is 70.0 cm³/mol. The van der Waals surface area contributed by atoms with Gasteiger partial charge in [0.15, 0.2) is 5.78 Å². The number of benzene rings is 1. The molecule has 1 aromatic carbocycles. The fraction of sp³-hybridized carbons (Fsp3) is 0.400. The molecule has 0 fully saturated rings. The van der Waals surface area contributed by atoms with Crippen LogP contribution in [0.3, 0.4) is 0 Å². The highest BCUT2D eigenvalue weighted by atomic mass is 16.1. The van der Waals surface area contributed by atoms with Gasteiger partial charge in [-0.2, -0.15) is 0 Å². The predicted octanol–water partition coefficient (Wildman–Crippen LogP) is 3.03. The maximum atomic E-state index is 12.5. The first-order chi connectivity index (χ1) is 8.09. The highest BCUT2D eigenvalue weighted by Crippen LogP contribution is 2.23. The van der Waals surface area contributed by atoms with Crippen LogP contribution in [0.1, 0.15) is 29.3 Å². The Morgan fingerprint density at radius 2 is 2.18 bits per heavy atom. The zero-order chi connectivity index (χ0) is 12.4. The van der Waals surface area contributed by atoms with Crippen LogP contribution in [0.2, 0.25) is 0 Å². The number of carbonyl (C=O) groups excluding carboxylic acids is 1. The summed E-state index contributed by atoms with van der Waals surface area (Å²) < 4.78 is 0. The molecule has 0 bridgehead atoms. The summed E-state index contributed by atoms with van der Waals surface area (Å²) in [7, 11) is 1.98. The minimum atomic E-state index is -0.0261. The Morgan fingerprint density at radius 3 is 2.82 bits per heavy atom. The average Bonchev–Trinajstić information content (AvgIpc) is 2.28. The number of rotatable bonds is 2. The lowest BCUT2D eigenvalue weighted by Crippen LogP contribution is -2.42. The molecule has 2 atom stereocenters. The molecule has 1 aromatic rings. The van der Waals surface area contributed by atoms with Gasteiger partial charge in [0.25, 0.3) is 0 Å². The van der Waals surface area contributed by atoms with Gasteiger partial charge in [0.2, 0.25) is 0 Å². The van der Waals surface area contributed by atoms with Crippen LogP contribution in [-0.4, -0.2) is 23.8 Å². The Bertz CT molecular complexity index is 450. The van der Waals surface area contributed by atoms with Crippen molar-refractivity contribution in [3.63, 3.8) is 0 Å². The van der Waals surface area contributed by atoms with Gasteiger partial charge in [-0.05, 0) is 31.5 Å². The van der Waals surface area contributed by atoms with Crippen LogP contribution >= 0.6 is 0 Å². The number of hydrogen-bond donors (Lipinski definition) is 0. The zero-order valence-electron chi connectivity index (χ0n) is 10.7. The summed E-state index contributed by atoms with van der Waals surface area (Å²) in [6, 6.07) is 7.83. The monoisotopic (exact) mass is 229 g/mol. The van der Waals surface area contributed by atoms with Crippen LogP contribution in [0.5, 0.6) is 0 Å². The number of aryl methyl sites for hydroxylation is 1. The first-order valence-electron chi connectivity index (χ1n) is 6.09. The lowest BCUT2D eigenvalue weighted by atomic mass is 9.88. The molecule has 1 aliphatic heterocycles. The van der Waals surface area contributed by atoms with Gasteiger partial charge in [0.1, 0.15) is 0 Å². The Labute approximate surface area is 103 Å². The molecule has 0 spiro atoms. The molecule has 1 aliphatic rings. The second kappa shape index (κ2) is 4.74. The van der Waals surface area contributed by atoms with Gasteiger partial charge in [0.05, 0.1) is 6.04 Å². The van der Waals surface area contributed by atoms with Crippen molar-refractivity contribution in [2.75, 3.05) is 7.05 Å². The van der Waals surface area contributed by atoms with Crippen molar-refractivity contribution in [1.82, 2.24) is 4.90 Å². The van der Waals surface area contributed by atoms with Crippen molar-refractivity contribution in [1.29, 1.82) is 0 Å². The molecule has 0 saturated heterocycles. The largest absolute Gasteiger partial charge is 0.370 e. The van der Waals surface area contributed by atoms with Crippen molar-refractivity contribution >= 4 is 5.78 Å². The third kappa shape index (κ3) is 2.41. The van der Waals surface area contributed by atoms with Gasteiger partial charge >= 0.3 is 0 Å². The fourth-order valence-corrected chi connectivity index (χ4v) is 2.48. The molecule has 0 N–H and O–H groups in total. The summed E-state index contributed by atoms with van der Waals surface area (Å²) in [6.45, 7) is 4.16. The highest BCUT2D eigenvalue weighted by molar-refractivity contribution is 6.00. The summed E-state index contributed by atoms with van der Waals surface area (Å²) in [4.78, 5) is 14.5. The van der Waals surface area contributed by atoms with E-state index in [2.05, 4.69) is 13.0 Å². The minimum absolute atomic E-state index is 0.0261. The van der Waals surface area contributed by atoms with E-state index in [1.807, 2.05) is 49.3 Å². The summed E-state index contributed by atoms with van der Waals surface area (Å²) >= 11 is 0. The minimum Gasteiger partial charge on any atom is -0.370 e. The molecule has 17 heavy (non-hydrogen) atoms. The molecule has 90 valence electrons. The van der Waals surface area contributed by atoms with Crippen LogP contribution in [0.25, 0.3) is 0 Å². The van der Waals surface area contributed by atoms with E-state index >= 15 is 0 Å². The molecule has 2 rings (SSSR count). The topological polar surface area (TPSA) is 20.3 Å². The number of likely N-dealkylation sites (N-methyl/N-ethyl adjacent to an activating group) is 1. The smallest absolute Gasteiger partial charge is 0.185 e. The van der Waals surface area contributed by atoms with Gasteiger partial charge in [-0.15, -0.1) is 0 Å². The SMILES string of the molecule is Cc1cccc(C(=O)C2C(C)CC=CN2C)c1. The number of nitrogens with zero attached hydrogens (tertiary/aromatic N) is 1. The van der Waals surface area contributed by atoms with Crippen molar-refractivity contribution in [2.45, 2.75) is 26.3 Å². The summed E-state index contributed by atoms with van der Waals surface area (Å²) in [5.74, 6) is 0.603. The summed E-state index contributed by atoms with van der Waals surface area (Å²) in [5.41, 5.74) is 1.96. The highest BCUT2D eigenvalue weighted by Gasteiger charge is 2.29. The van der Waals surface area contributed by atoms with E-state index in [1.165, 1.54) is 0 Å². The van der Waals surface area contributed by atoms with Gasteiger partial charge < -0.3 is 4.90 Å². The molecule has 1 heterocycles. The van der Waals surface area contributed by atoms with E-state index in [9.17, 15) is 4.79 Å². The normalized spacial score (nSPS) is 23.8. The number of Topliss-reactive ketones (excluding diaryl/α,β-unsaturated/α-hetero) is 1. The third-order valence-corrected chi connectivity index (χ3v) is 3.40. The van der Waals surface area contributed by atoms with Crippen LogP contribution < -0.4 is 0 Å². The molecule has 2 nitrogen and oxygen atoms in total. The Kier molecular flexibility index (Phi) is 3.32. The van der Waals surface area contributed by atoms with Gasteiger partial charge in [0, 0.05) is 12.6 Å².